The molecule has 1 aromatic rings. The summed E-state index contributed by atoms with van der Waals surface area (Å²) >= 11 is 0. The fraction of sp³-hybridized carbons (Fsp3) is 0.692. The average molecular weight is 298 g/mol. The third kappa shape index (κ3) is 5.50. The van der Waals surface area contributed by atoms with Crippen molar-refractivity contribution in [3.63, 3.8) is 0 Å². The van der Waals surface area contributed by atoms with E-state index in [1.807, 2.05) is 0 Å². The van der Waals surface area contributed by atoms with Crippen molar-refractivity contribution in [2.75, 3.05) is 32.2 Å². The van der Waals surface area contributed by atoms with E-state index in [2.05, 4.69) is 29.1 Å². The highest BCUT2D eigenvalue weighted by Crippen LogP contribution is 2.31. The first-order valence-electron chi connectivity index (χ1n) is 6.84. The molecule has 0 spiro atoms. The maximum atomic E-state index is 11.3. The number of nitro groups is 1. The van der Waals surface area contributed by atoms with Gasteiger partial charge in [-0.05, 0) is 19.3 Å². The minimum absolute atomic E-state index is 0.0309. The van der Waals surface area contributed by atoms with Gasteiger partial charge < -0.3 is 14.8 Å². The topological polar surface area (TPSA) is 99.4 Å². The van der Waals surface area contributed by atoms with E-state index in [9.17, 15) is 10.1 Å². The molecule has 0 atom stereocenters. The molecule has 0 aliphatic carbocycles. The highest BCUT2D eigenvalue weighted by molar-refractivity contribution is 5.61. The molecule has 8 heteroatoms. The number of rotatable bonds is 9. The van der Waals surface area contributed by atoms with Crippen molar-refractivity contribution in [1.82, 2.24) is 9.97 Å². The molecule has 0 saturated carbocycles. The molecule has 0 bridgehead atoms. The van der Waals surface area contributed by atoms with Gasteiger partial charge >= 0.3 is 5.69 Å². The Morgan fingerprint density at radius 1 is 1.33 bits per heavy atom. The number of aryl methyl sites for hydroxylation is 1. The van der Waals surface area contributed by atoms with Crippen molar-refractivity contribution in [1.29, 1.82) is 0 Å². The van der Waals surface area contributed by atoms with E-state index in [0.717, 1.165) is 6.42 Å². The van der Waals surface area contributed by atoms with E-state index in [4.69, 9.17) is 9.47 Å². The van der Waals surface area contributed by atoms with Crippen LogP contribution in [0.2, 0.25) is 0 Å². The van der Waals surface area contributed by atoms with Gasteiger partial charge in [-0.2, -0.15) is 4.98 Å². The molecule has 0 aliphatic heterocycles. The highest BCUT2D eigenvalue weighted by Gasteiger charge is 2.25. The molecule has 1 heterocycles. The van der Waals surface area contributed by atoms with Gasteiger partial charge in [0.2, 0.25) is 5.82 Å². The van der Waals surface area contributed by atoms with Crippen LogP contribution >= 0.6 is 0 Å². The molecule has 1 N–H and O–H groups in total. The summed E-state index contributed by atoms with van der Waals surface area (Å²) in [6.45, 7) is 6.96. The second kappa shape index (κ2) is 8.35. The maximum Gasteiger partial charge on any atom is 0.372 e. The van der Waals surface area contributed by atoms with Crippen LogP contribution in [0.25, 0.3) is 0 Å². The predicted octanol–water partition coefficient (Wildman–Crippen LogP) is 2.18. The molecule has 0 fully saturated rings. The van der Waals surface area contributed by atoms with Crippen LogP contribution in [0.5, 0.6) is 5.88 Å². The molecule has 0 saturated heterocycles. The summed E-state index contributed by atoms with van der Waals surface area (Å²) in [5.41, 5.74) is -0.236. The Morgan fingerprint density at radius 3 is 2.62 bits per heavy atom. The maximum absolute atomic E-state index is 11.3. The first kappa shape index (κ1) is 17.1. The number of aromatic nitrogens is 2. The van der Waals surface area contributed by atoms with E-state index >= 15 is 0 Å². The lowest BCUT2D eigenvalue weighted by molar-refractivity contribution is -0.385. The van der Waals surface area contributed by atoms with Crippen molar-refractivity contribution in [3.8, 4) is 5.88 Å². The lowest BCUT2D eigenvalue weighted by Gasteiger charge is -2.11. The zero-order chi connectivity index (χ0) is 15.8. The quantitative estimate of drug-likeness (QED) is 0.423. The molecule has 0 aromatic carbocycles. The molecule has 0 amide bonds. The number of nitrogens with zero attached hydrogens (tertiary/aromatic N) is 3. The van der Waals surface area contributed by atoms with E-state index in [-0.39, 0.29) is 24.0 Å². The van der Waals surface area contributed by atoms with Crippen LogP contribution in [0.3, 0.4) is 0 Å². The van der Waals surface area contributed by atoms with Crippen LogP contribution in [0.4, 0.5) is 11.5 Å². The predicted molar refractivity (Wildman–Crippen MR) is 78.7 cm³/mol. The first-order chi connectivity index (χ1) is 9.95. The molecule has 0 unspecified atom stereocenters. The number of ether oxygens (including phenoxy) is 2. The van der Waals surface area contributed by atoms with E-state index in [0.29, 0.717) is 24.9 Å². The monoisotopic (exact) mass is 298 g/mol. The first-order valence-corrected chi connectivity index (χ1v) is 6.84. The summed E-state index contributed by atoms with van der Waals surface area (Å²) in [6.07, 6.45) is 0.889. The third-order valence-corrected chi connectivity index (χ3v) is 2.69. The van der Waals surface area contributed by atoms with Gasteiger partial charge in [-0.15, -0.1) is 0 Å². The number of nitrogens with one attached hydrogen (secondary N) is 1. The van der Waals surface area contributed by atoms with Crippen LogP contribution in [0.1, 0.15) is 26.1 Å². The van der Waals surface area contributed by atoms with Crippen LogP contribution in [0, 0.1) is 23.0 Å². The van der Waals surface area contributed by atoms with E-state index < -0.39 is 4.92 Å². The Bertz CT molecular complexity index is 479. The van der Waals surface area contributed by atoms with Crippen molar-refractivity contribution < 1.29 is 14.4 Å². The zero-order valence-corrected chi connectivity index (χ0v) is 12.9. The number of hydrogen-bond acceptors (Lipinski definition) is 7. The molecule has 8 nitrogen and oxygen atoms in total. The normalized spacial score (nSPS) is 10.7. The highest BCUT2D eigenvalue weighted by atomic mass is 16.6. The van der Waals surface area contributed by atoms with Gasteiger partial charge in [0.1, 0.15) is 12.4 Å². The van der Waals surface area contributed by atoms with Crippen LogP contribution < -0.4 is 10.1 Å². The van der Waals surface area contributed by atoms with Crippen LogP contribution in [-0.2, 0) is 4.74 Å². The van der Waals surface area contributed by atoms with Crippen molar-refractivity contribution in [2.45, 2.75) is 27.2 Å². The molecule has 1 rings (SSSR count). The molecular formula is C13H22N4O4. The van der Waals surface area contributed by atoms with Gasteiger partial charge in [0.15, 0.2) is 0 Å². The standard InChI is InChI=1S/C13H22N4O4/c1-9(2)5-6-14-12-11(17(18)19)13(16-10(3)15-12)21-8-7-20-4/h9H,5-8H2,1-4H3,(H,14,15,16). The number of anilines is 1. The fourth-order valence-electron chi connectivity index (χ4n) is 1.63. The van der Waals surface area contributed by atoms with Crippen molar-refractivity contribution in [2.24, 2.45) is 5.92 Å². The second-order valence-corrected chi connectivity index (χ2v) is 4.98. The Morgan fingerprint density at radius 2 is 2.05 bits per heavy atom. The van der Waals surface area contributed by atoms with Gasteiger partial charge in [-0.3, -0.25) is 10.1 Å². The van der Waals surface area contributed by atoms with Crippen molar-refractivity contribution >= 4 is 11.5 Å². The molecule has 0 radical (unpaired) electrons. The average Bonchev–Trinajstić information content (AvgIpc) is 2.37. The van der Waals surface area contributed by atoms with Gasteiger partial charge in [0.25, 0.3) is 5.88 Å². The Kier molecular flexibility index (Phi) is 6.80. The Labute approximate surface area is 124 Å². The van der Waals surface area contributed by atoms with E-state index in [1.165, 1.54) is 7.11 Å². The summed E-state index contributed by atoms with van der Waals surface area (Å²) in [5, 5.41) is 14.3. The van der Waals surface area contributed by atoms with Crippen LogP contribution in [-0.4, -0.2) is 41.8 Å². The molecule has 118 valence electrons. The molecular weight excluding hydrogens is 276 g/mol. The largest absolute Gasteiger partial charge is 0.470 e. The summed E-state index contributed by atoms with van der Waals surface area (Å²) < 4.78 is 10.2. The molecule has 0 aliphatic rings. The van der Waals surface area contributed by atoms with Gasteiger partial charge in [0.05, 0.1) is 11.5 Å². The van der Waals surface area contributed by atoms with Crippen molar-refractivity contribution in [3.05, 3.63) is 15.9 Å². The van der Waals surface area contributed by atoms with E-state index in [1.54, 1.807) is 6.92 Å². The van der Waals surface area contributed by atoms with Gasteiger partial charge in [-0.1, -0.05) is 13.8 Å². The summed E-state index contributed by atoms with van der Waals surface area (Å²) in [6, 6.07) is 0. The minimum Gasteiger partial charge on any atom is -0.470 e. The third-order valence-electron chi connectivity index (χ3n) is 2.69. The van der Waals surface area contributed by atoms with Crippen LogP contribution in [0.15, 0.2) is 0 Å². The Hall–Kier alpha value is -1.96. The summed E-state index contributed by atoms with van der Waals surface area (Å²) in [7, 11) is 1.53. The molecule has 1 aromatic heterocycles. The lowest BCUT2D eigenvalue weighted by Crippen LogP contribution is -2.13. The SMILES string of the molecule is COCCOc1nc(C)nc(NCCC(C)C)c1[N+](=O)[O-]. The smallest absolute Gasteiger partial charge is 0.372 e. The van der Waals surface area contributed by atoms with Gasteiger partial charge in [0, 0.05) is 13.7 Å². The fourth-order valence-corrected chi connectivity index (χ4v) is 1.63. The Balaban J connectivity index is 2.96. The number of methoxy groups -OCH3 is 1. The molecule has 21 heavy (non-hydrogen) atoms. The second-order valence-electron chi connectivity index (χ2n) is 4.98. The van der Waals surface area contributed by atoms with Gasteiger partial charge in [-0.25, -0.2) is 4.98 Å². The number of hydrogen-bond donors (Lipinski definition) is 1. The lowest BCUT2D eigenvalue weighted by atomic mass is 10.1. The minimum atomic E-state index is -0.528. The summed E-state index contributed by atoms with van der Waals surface area (Å²) in [4.78, 5) is 18.8. The summed E-state index contributed by atoms with van der Waals surface area (Å²) in [5.74, 6) is 1.08. The zero-order valence-electron chi connectivity index (χ0n) is 12.9.